The molecule has 1 saturated carbocycles. The smallest absolute Gasteiger partial charge is 0.224 e. The zero-order valence-corrected chi connectivity index (χ0v) is 15.0. The molecule has 2 aromatic rings. The minimum absolute atomic E-state index is 0. The van der Waals surface area contributed by atoms with E-state index in [-0.39, 0.29) is 18.3 Å². The number of nitrogens with one attached hydrogen (secondary N) is 2. The molecule has 25 heavy (non-hydrogen) atoms. The SMILES string of the molecule is Cl.O=C(CC1CC2CCC(C1)N2)Nc1ccc2oc(C3CC3)nc2c1. The number of fused-ring (bicyclic) bond motifs is 3. The topological polar surface area (TPSA) is 67.2 Å². The van der Waals surface area contributed by atoms with Gasteiger partial charge in [0, 0.05) is 30.1 Å². The molecule has 1 aliphatic carbocycles. The minimum Gasteiger partial charge on any atom is -0.440 e. The van der Waals surface area contributed by atoms with E-state index in [4.69, 9.17) is 4.42 Å². The lowest BCUT2D eigenvalue weighted by Gasteiger charge is -2.28. The number of piperidine rings is 1. The van der Waals surface area contributed by atoms with E-state index in [1.807, 2.05) is 18.2 Å². The first kappa shape index (κ1) is 16.9. The van der Waals surface area contributed by atoms with Gasteiger partial charge in [-0.1, -0.05) is 0 Å². The highest BCUT2D eigenvalue weighted by molar-refractivity contribution is 5.92. The molecule has 2 unspecified atom stereocenters. The molecule has 3 heterocycles. The van der Waals surface area contributed by atoms with Crippen molar-refractivity contribution in [1.29, 1.82) is 0 Å². The maximum atomic E-state index is 12.4. The summed E-state index contributed by atoms with van der Waals surface area (Å²) in [7, 11) is 0. The number of nitrogens with zero attached hydrogens (tertiary/aromatic N) is 1. The summed E-state index contributed by atoms with van der Waals surface area (Å²) in [6.45, 7) is 0. The lowest BCUT2D eigenvalue weighted by molar-refractivity contribution is -0.117. The van der Waals surface area contributed by atoms with Crippen LogP contribution in [0.4, 0.5) is 5.69 Å². The number of carbonyl (C=O) groups is 1. The standard InChI is InChI=1S/C19H23N3O2.ClH/c23-18(9-11-7-13-3-4-14(8-11)20-13)21-15-5-6-17-16(10-15)22-19(24-17)12-1-2-12;/h5-6,10-14,20H,1-4,7-9H2,(H,21,23);1H. The number of carbonyl (C=O) groups excluding carboxylic acids is 1. The van der Waals surface area contributed by atoms with Gasteiger partial charge in [-0.2, -0.15) is 0 Å². The van der Waals surface area contributed by atoms with Crippen molar-refractivity contribution in [3.63, 3.8) is 0 Å². The summed E-state index contributed by atoms with van der Waals surface area (Å²) >= 11 is 0. The van der Waals surface area contributed by atoms with Crippen LogP contribution in [0, 0.1) is 5.92 Å². The van der Waals surface area contributed by atoms with Crippen molar-refractivity contribution in [2.24, 2.45) is 5.92 Å². The zero-order valence-electron chi connectivity index (χ0n) is 14.2. The molecule has 1 aromatic carbocycles. The second-order valence-electron chi connectivity index (χ2n) is 7.74. The maximum Gasteiger partial charge on any atom is 0.224 e. The summed E-state index contributed by atoms with van der Waals surface area (Å²) in [5, 5.41) is 6.67. The number of aromatic nitrogens is 1. The Bertz CT molecular complexity index is 774. The summed E-state index contributed by atoms with van der Waals surface area (Å²) in [6, 6.07) is 7.01. The monoisotopic (exact) mass is 361 g/mol. The highest BCUT2D eigenvalue weighted by atomic mass is 35.5. The maximum absolute atomic E-state index is 12.4. The summed E-state index contributed by atoms with van der Waals surface area (Å²) in [6.07, 6.45) is 7.79. The largest absolute Gasteiger partial charge is 0.440 e. The summed E-state index contributed by atoms with van der Waals surface area (Å²) in [5.41, 5.74) is 2.47. The second kappa shape index (κ2) is 6.61. The quantitative estimate of drug-likeness (QED) is 0.864. The van der Waals surface area contributed by atoms with Gasteiger partial charge in [0.2, 0.25) is 5.91 Å². The van der Waals surface area contributed by atoms with Crippen LogP contribution >= 0.6 is 12.4 Å². The summed E-state index contributed by atoms with van der Waals surface area (Å²) in [5.74, 6) is 1.98. The van der Waals surface area contributed by atoms with Gasteiger partial charge >= 0.3 is 0 Å². The summed E-state index contributed by atoms with van der Waals surface area (Å²) < 4.78 is 5.77. The van der Waals surface area contributed by atoms with E-state index >= 15 is 0 Å². The van der Waals surface area contributed by atoms with Gasteiger partial charge in [-0.05, 0) is 62.6 Å². The van der Waals surface area contributed by atoms with Gasteiger partial charge in [-0.25, -0.2) is 4.98 Å². The number of halogens is 1. The van der Waals surface area contributed by atoms with Gasteiger partial charge in [-0.3, -0.25) is 4.79 Å². The van der Waals surface area contributed by atoms with Crippen molar-refractivity contribution in [2.45, 2.75) is 62.9 Å². The highest BCUT2D eigenvalue weighted by Gasteiger charge is 2.34. The number of hydrogen-bond donors (Lipinski definition) is 2. The molecule has 134 valence electrons. The van der Waals surface area contributed by atoms with Crippen molar-refractivity contribution in [3.8, 4) is 0 Å². The highest BCUT2D eigenvalue weighted by Crippen LogP contribution is 2.40. The predicted octanol–water partition coefficient (Wildman–Crippen LogP) is 3.99. The number of benzene rings is 1. The van der Waals surface area contributed by atoms with Crippen LogP contribution in [0.25, 0.3) is 11.1 Å². The first-order chi connectivity index (χ1) is 11.7. The number of amides is 1. The van der Waals surface area contributed by atoms with Crippen molar-refractivity contribution in [2.75, 3.05) is 5.32 Å². The Morgan fingerprint density at radius 2 is 1.96 bits per heavy atom. The first-order valence-electron chi connectivity index (χ1n) is 9.19. The molecule has 2 saturated heterocycles. The van der Waals surface area contributed by atoms with E-state index in [0.29, 0.717) is 30.3 Å². The van der Waals surface area contributed by atoms with E-state index in [2.05, 4.69) is 15.6 Å². The van der Waals surface area contributed by atoms with Gasteiger partial charge < -0.3 is 15.1 Å². The van der Waals surface area contributed by atoms with Gasteiger partial charge in [-0.15, -0.1) is 12.4 Å². The molecule has 1 aromatic heterocycles. The average molecular weight is 362 g/mol. The van der Waals surface area contributed by atoms with Crippen LogP contribution in [-0.4, -0.2) is 23.0 Å². The van der Waals surface area contributed by atoms with E-state index in [1.165, 1.54) is 25.7 Å². The van der Waals surface area contributed by atoms with Crippen molar-refractivity contribution >= 4 is 35.1 Å². The fraction of sp³-hybridized carbons (Fsp3) is 0.579. The van der Waals surface area contributed by atoms with E-state index in [1.54, 1.807) is 0 Å². The average Bonchev–Trinajstić information content (AvgIpc) is 3.24. The van der Waals surface area contributed by atoms with E-state index in [9.17, 15) is 4.79 Å². The van der Waals surface area contributed by atoms with Crippen molar-refractivity contribution in [1.82, 2.24) is 10.3 Å². The number of rotatable bonds is 4. The Labute approximate surface area is 153 Å². The molecule has 2 bridgehead atoms. The van der Waals surface area contributed by atoms with Crippen LogP contribution in [0.2, 0.25) is 0 Å². The molecular formula is C19H24ClN3O2. The third-order valence-corrected chi connectivity index (χ3v) is 5.66. The van der Waals surface area contributed by atoms with Crippen LogP contribution in [-0.2, 0) is 4.79 Å². The Morgan fingerprint density at radius 3 is 2.68 bits per heavy atom. The Morgan fingerprint density at radius 1 is 1.20 bits per heavy atom. The number of hydrogen-bond acceptors (Lipinski definition) is 4. The molecule has 3 aliphatic rings. The molecule has 2 N–H and O–H groups in total. The molecule has 5 nitrogen and oxygen atoms in total. The van der Waals surface area contributed by atoms with Crippen molar-refractivity contribution < 1.29 is 9.21 Å². The number of oxazole rings is 1. The van der Waals surface area contributed by atoms with E-state index < -0.39 is 0 Å². The Hall–Kier alpha value is -1.59. The normalized spacial score (nSPS) is 27.9. The molecular weight excluding hydrogens is 338 g/mol. The van der Waals surface area contributed by atoms with Gasteiger partial charge in [0.15, 0.2) is 11.5 Å². The van der Waals surface area contributed by atoms with Crippen LogP contribution in [0.15, 0.2) is 22.6 Å². The van der Waals surface area contributed by atoms with Gasteiger partial charge in [0.1, 0.15) is 5.52 Å². The Kier molecular flexibility index (Phi) is 4.46. The lowest BCUT2D eigenvalue weighted by Crippen LogP contribution is -2.39. The predicted molar refractivity (Wildman–Crippen MR) is 99.1 cm³/mol. The molecule has 0 radical (unpaired) electrons. The number of anilines is 1. The molecule has 1 amide bonds. The Balaban J connectivity index is 0.00000157. The minimum atomic E-state index is 0. The fourth-order valence-electron chi connectivity index (χ4n) is 4.34. The van der Waals surface area contributed by atoms with Crippen LogP contribution in [0.5, 0.6) is 0 Å². The third-order valence-electron chi connectivity index (χ3n) is 5.66. The van der Waals surface area contributed by atoms with Crippen LogP contribution in [0.3, 0.4) is 0 Å². The lowest BCUT2D eigenvalue weighted by atomic mass is 9.89. The van der Waals surface area contributed by atoms with Crippen LogP contribution in [0.1, 0.15) is 56.8 Å². The van der Waals surface area contributed by atoms with Gasteiger partial charge in [0.05, 0.1) is 0 Å². The zero-order chi connectivity index (χ0) is 16.1. The molecule has 5 rings (SSSR count). The van der Waals surface area contributed by atoms with Crippen molar-refractivity contribution in [3.05, 3.63) is 24.1 Å². The molecule has 3 fully saturated rings. The van der Waals surface area contributed by atoms with Gasteiger partial charge in [0.25, 0.3) is 0 Å². The molecule has 6 heteroatoms. The molecule has 0 spiro atoms. The van der Waals surface area contributed by atoms with Crippen LogP contribution < -0.4 is 10.6 Å². The third kappa shape index (κ3) is 3.53. The molecule has 2 atom stereocenters. The second-order valence-corrected chi connectivity index (χ2v) is 7.74. The fourth-order valence-corrected chi connectivity index (χ4v) is 4.34. The first-order valence-corrected chi connectivity index (χ1v) is 9.19. The van der Waals surface area contributed by atoms with E-state index in [0.717, 1.165) is 35.5 Å². The summed E-state index contributed by atoms with van der Waals surface area (Å²) in [4.78, 5) is 17.0. The molecule has 2 aliphatic heterocycles.